The van der Waals surface area contributed by atoms with E-state index in [9.17, 15) is 4.39 Å². The van der Waals surface area contributed by atoms with E-state index in [1.165, 1.54) is 12.1 Å². The van der Waals surface area contributed by atoms with Crippen LogP contribution < -0.4 is 0 Å². The Labute approximate surface area is 106 Å². The zero-order valence-electron chi connectivity index (χ0n) is 8.36. The van der Waals surface area contributed by atoms with Crippen LogP contribution in [0.15, 0.2) is 52.0 Å². The van der Waals surface area contributed by atoms with E-state index in [0.717, 1.165) is 20.8 Å². The number of benzene rings is 1. The lowest BCUT2D eigenvalue weighted by molar-refractivity contribution is 0.626. The van der Waals surface area contributed by atoms with Crippen LogP contribution in [0.4, 0.5) is 4.39 Å². The molecule has 1 nitrogen and oxygen atoms in total. The van der Waals surface area contributed by atoms with Crippen molar-refractivity contribution < 1.29 is 4.39 Å². The molecular formula is C12H9BrFNS. The highest BCUT2D eigenvalue weighted by molar-refractivity contribution is 9.10. The van der Waals surface area contributed by atoms with E-state index in [0.29, 0.717) is 0 Å². The monoisotopic (exact) mass is 297 g/mol. The number of rotatable bonds is 3. The molecule has 2 aromatic rings. The Balaban J connectivity index is 1.97. The fourth-order valence-electron chi connectivity index (χ4n) is 1.18. The van der Waals surface area contributed by atoms with Gasteiger partial charge in [0, 0.05) is 21.3 Å². The molecule has 1 heterocycles. The summed E-state index contributed by atoms with van der Waals surface area (Å²) in [6.45, 7) is 0. The van der Waals surface area contributed by atoms with E-state index >= 15 is 0 Å². The van der Waals surface area contributed by atoms with Crippen LogP contribution >= 0.6 is 27.7 Å². The molecule has 4 heteroatoms. The van der Waals surface area contributed by atoms with E-state index in [1.54, 1.807) is 30.1 Å². The maximum atomic E-state index is 12.7. The van der Waals surface area contributed by atoms with E-state index in [1.807, 2.05) is 12.1 Å². The van der Waals surface area contributed by atoms with Crippen LogP contribution in [0.2, 0.25) is 0 Å². The highest BCUT2D eigenvalue weighted by atomic mass is 79.9. The molecule has 0 saturated heterocycles. The third-order valence-corrected chi connectivity index (χ3v) is 3.50. The van der Waals surface area contributed by atoms with Gasteiger partial charge in [-0.3, -0.25) is 4.98 Å². The molecule has 2 rings (SSSR count). The van der Waals surface area contributed by atoms with Crippen LogP contribution in [0.3, 0.4) is 0 Å². The standard InChI is InChI=1S/C12H9BrFNS/c13-9-1-4-11(15-7-9)8-16-12-5-2-10(14)3-6-12/h1-7H,8H2. The first-order valence-corrected chi connectivity index (χ1v) is 6.51. The molecule has 1 aromatic heterocycles. The van der Waals surface area contributed by atoms with Gasteiger partial charge in [0.1, 0.15) is 5.82 Å². The van der Waals surface area contributed by atoms with Crippen LogP contribution in [-0.2, 0) is 5.75 Å². The maximum Gasteiger partial charge on any atom is 0.123 e. The lowest BCUT2D eigenvalue weighted by Gasteiger charge is -2.01. The molecule has 0 aliphatic rings. The normalized spacial score (nSPS) is 10.4. The predicted octanol–water partition coefficient (Wildman–Crippen LogP) is 4.28. The molecule has 0 aliphatic heterocycles. The van der Waals surface area contributed by atoms with Gasteiger partial charge < -0.3 is 0 Å². The van der Waals surface area contributed by atoms with Crippen LogP contribution in [-0.4, -0.2) is 4.98 Å². The molecule has 0 bridgehead atoms. The molecule has 1 aromatic carbocycles. The summed E-state index contributed by atoms with van der Waals surface area (Å²) >= 11 is 4.98. The smallest absolute Gasteiger partial charge is 0.123 e. The summed E-state index contributed by atoms with van der Waals surface area (Å²) in [6, 6.07) is 10.4. The molecule has 0 atom stereocenters. The molecule has 0 fully saturated rings. The number of thioether (sulfide) groups is 1. The van der Waals surface area contributed by atoms with Crippen molar-refractivity contribution in [1.82, 2.24) is 4.98 Å². The SMILES string of the molecule is Fc1ccc(SCc2ccc(Br)cn2)cc1. The molecule has 0 spiro atoms. The van der Waals surface area contributed by atoms with Crippen molar-refractivity contribution in [2.24, 2.45) is 0 Å². The second kappa shape index (κ2) is 5.46. The second-order valence-corrected chi connectivity index (χ2v) is 5.17. The highest BCUT2D eigenvalue weighted by Crippen LogP contribution is 2.22. The molecule has 0 saturated carbocycles. The molecule has 0 radical (unpaired) electrons. The lowest BCUT2D eigenvalue weighted by atomic mass is 10.3. The van der Waals surface area contributed by atoms with Crippen LogP contribution in [0.5, 0.6) is 0 Å². The minimum absolute atomic E-state index is 0.203. The molecule has 0 amide bonds. The molecule has 82 valence electrons. The first-order chi connectivity index (χ1) is 7.74. The molecule has 16 heavy (non-hydrogen) atoms. The van der Waals surface area contributed by atoms with E-state index in [4.69, 9.17) is 0 Å². The Kier molecular flexibility index (Phi) is 3.96. The first kappa shape index (κ1) is 11.6. The Hall–Kier alpha value is -0.870. The fraction of sp³-hybridized carbons (Fsp3) is 0.0833. The van der Waals surface area contributed by atoms with Crippen molar-refractivity contribution in [3.8, 4) is 0 Å². The molecule has 0 unspecified atom stereocenters. The zero-order chi connectivity index (χ0) is 11.4. The van der Waals surface area contributed by atoms with Crippen molar-refractivity contribution in [1.29, 1.82) is 0 Å². The molecule has 0 aliphatic carbocycles. The summed E-state index contributed by atoms with van der Waals surface area (Å²) in [7, 11) is 0. The quantitative estimate of drug-likeness (QED) is 0.785. The van der Waals surface area contributed by atoms with Crippen LogP contribution in [0, 0.1) is 5.82 Å². The Morgan fingerprint density at radius 1 is 1.12 bits per heavy atom. The highest BCUT2D eigenvalue weighted by Gasteiger charge is 1.98. The minimum Gasteiger partial charge on any atom is -0.259 e. The Morgan fingerprint density at radius 3 is 2.50 bits per heavy atom. The van der Waals surface area contributed by atoms with Gasteiger partial charge >= 0.3 is 0 Å². The maximum absolute atomic E-state index is 12.7. The van der Waals surface area contributed by atoms with Crippen LogP contribution in [0.25, 0.3) is 0 Å². The van der Waals surface area contributed by atoms with Gasteiger partial charge in [0.05, 0.1) is 5.69 Å². The average molecular weight is 298 g/mol. The fourth-order valence-corrected chi connectivity index (χ4v) is 2.23. The molecular weight excluding hydrogens is 289 g/mol. The van der Waals surface area contributed by atoms with Crippen molar-refractivity contribution in [3.63, 3.8) is 0 Å². The molecule has 0 N–H and O–H groups in total. The van der Waals surface area contributed by atoms with Crippen molar-refractivity contribution in [2.45, 2.75) is 10.6 Å². The number of pyridine rings is 1. The van der Waals surface area contributed by atoms with Crippen molar-refractivity contribution in [2.75, 3.05) is 0 Å². The van der Waals surface area contributed by atoms with Gasteiger partial charge in [-0.05, 0) is 52.3 Å². The largest absolute Gasteiger partial charge is 0.259 e. The van der Waals surface area contributed by atoms with Gasteiger partial charge in [-0.25, -0.2) is 4.39 Å². The Morgan fingerprint density at radius 2 is 1.88 bits per heavy atom. The van der Waals surface area contributed by atoms with E-state index in [-0.39, 0.29) is 5.82 Å². The van der Waals surface area contributed by atoms with Gasteiger partial charge in [-0.15, -0.1) is 11.8 Å². The van der Waals surface area contributed by atoms with E-state index < -0.39 is 0 Å². The summed E-state index contributed by atoms with van der Waals surface area (Å²) in [5.41, 5.74) is 1.01. The zero-order valence-corrected chi connectivity index (χ0v) is 10.8. The summed E-state index contributed by atoms with van der Waals surface area (Å²) < 4.78 is 13.6. The van der Waals surface area contributed by atoms with Gasteiger partial charge in [0.15, 0.2) is 0 Å². The van der Waals surface area contributed by atoms with Crippen molar-refractivity contribution in [3.05, 3.63) is 58.6 Å². The summed E-state index contributed by atoms with van der Waals surface area (Å²) in [6.07, 6.45) is 1.78. The topological polar surface area (TPSA) is 12.9 Å². The Bertz CT molecular complexity index is 410. The number of aromatic nitrogens is 1. The third-order valence-electron chi connectivity index (χ3n) is 1.99. The number of hydrogen-bond acceptors (Lipinski definition) is 2. The number of halogens is 2. The van der Waals surface area contributed by atoms with Gasteiger partial charge in [-0.2, -0.15) is 0 Å². The average Bonchev–Trinajstić information content (AvgIpc) is 2.30. The summed E-state index contributed by atoms with van der Waals surface area (Å²) in [5.74, 6) is 0.588. The lowest BCUT2D eigenvalue weighted by Crippen LogP contribution is -1.85. The third kappa shape index (κ3) is 3.32. The van der Waals surface area contributed by atoms with Gasteiger partial charge in [0.2, 0.25) is 0 Å². The first-order valence-electron chi connectivity index (χ1n) is 4.73. The predicted molar refractivity (Wildman–Crippen MR) is 67.9 cm³/mol. The summed E-state index contributed by atoms with van der Waals surface area (Å²) in [4.78, 5) is 5.32. The second-order valence-electron chi connectivity index (χ2n) is 3.21. The number of hydrogen-bond donors (Lipinski definition) is 0. The van der Waals surface area contributed by atoms with Crippen molar-refractivity contribution >= 4 is 27.7 Å². The van der Waals surface area contributed by atoms with Gasteiger partial charge in [0.25, 0.3) is 0 Å². The number of nitrogens with zero attached hydrogens (tertiary/aromatic N) is 1. The minimum atomic E-state index is -0.203. The summed E-state index contributed by atoms with van der Waals surface area (Å²) in [5, 5.41) is 0. The van der Waals surface area contributed by atoms with E-state index in [2.05, 4.69) is 20.9 Å². The van der Waals surface area contributed by atoms with Crippen LogP contribution in [0.1, 0.15) is 5.69 Å². The van der Waals surface area contributed by atoms with Gasteiger partial charge in [-0.1, -0.05) is 0 Å².